The highest BCUT2D eigenvalue weighted by Crippen LogP contribution is 2.24. The van der Waals surface area contributed by atoms with E-state index in [1.165, 1.54) is 0 Å². The lowest BCUT2D eigenvalue weighted by molar-refractivity contribution is -0.143. The van der Waals surface area contributed by atoms with Crippen LogP contribution in [-0.4, -0.2) is 50.1 Å². The number of carbonyl (C=O) groups excluding carboxylic acids is 2. The summed E-state index contributed by atoms with van der Waals surface area (Å²) in [5, 5.41) is 2.98. The Morgan fingerprint density at radius 1 is 1.53 bits per heavy atom. The second-order valence-electron chi connectivity index (χ2n) is 5.65. The molecule has 110 valence electrons. The van der Waals surface area contributed by atoms with Crippen molar-refractivity contribution in [2.24, 2.45) is 11.8 Å². The maximum absolute atomic E-state index is 12.2. The Labute approximate surface area is 115 Å². The van der Waals surface area contributed by atoms with Crippen LogP contribution >= 0.6 is 0 Å². The summed E-state index contributed by atoms with van der Waals surface area (Å²) in [6, 6.07) is -0.148. The smallest absolute Gasteiger partial charge is 0.225 e. The first-order valence-electron chi connectivity index (χ1n) is 6.99. The number of carbonyl (C=O) groups is 2. The van der Waals surface area contributed by atoms with Crippen LogP contribution in [0.15, 0.2) is 0 Å². The van der Waals surface area contributed by atoms with E-state index in [4.69, 9.17) is 4.74 Å². The van der Waals surface area contributed by atoms with Crippen molar-refractivity contribution in [1.82, 2.24) is 10.2 Å². The fourth-order valence-electron chi connectivity index (χ4n) is 2.42. The summed E-state index contributed by atoms with van der Waals surface area (Å²) in [7, 11) is 3.35. The molecule has 1 N–H and O–H groups in total. The number of piperidine rings is 1. The number of ether oxygens (including phenoxy) is 1. The first kappa shape index (κ1) is 16.0. The number of hydrogen-bond donors (Lipinski definition) is 1. The van der Waals surface area contributed by atoms with Crippen LogP contribution < -0.4 is 5.32 Å². The lowest BCUT2D eigenvalue weighted by Crippen LogP contribution is -2.53. The molecule has 5 heteroatoms. The molecule has 0 radical (unpaired) electrons. The molecular weight excluding hydrogens is 244 g/mol. The van der Waals surface area contributed by atoms with Gasteiger partial charge in [-0.1, -0.05) is 13.8 Å². The van der Waals surface area contributed by atoms with Crippen molar-refractivity contribution in [3.05, 3.63) is 0 Å². The van der Waals surface area contributed by atoms with Gasteiger partial charge in [-0.3, -0.25) is 9.59 Å². The molecule has 1 aliphatic heterocycles. The molecule has 2 atom stereocenters. The summed E-state index contributed by atoms with van der Waals surface area (Å²) in [6.45, 7) is 5.37. The zero-order valence-electron chi connectivity index (χ0n) is 12.4. The SMILES string of the molecule is COC[C@@H]1[C@H](C(=O)NCCC(C)C)CCC(=O)N1C. The molecule has 2 amide bonds. The Morgan fingerprint density at radius 3 is 2.79 bits per heavy atom. The van der Waals surface area contributed by atoms with E-state index < -0.39 is 0 Å². The number of nitrogens with one attached hydrogen (secondary N) is 1. The van der Waals surface area contributed by atoms with Crippen molar-refractivity contribution < 1.29 is 14.3 Å². The topological polar surface area (TPSA) is 58.6 Å². The second kappa shape index (κ2) is 7.48. The molecule has 1 fully saturated rings. The molecule has 0 aromatic rings. The minimum atomic E-state index is -0.158. The van der Waals surface area contributed by atoms with E-state index in [2.05, 4.69) is 19.2 Å². The van der Waals surface area contributed by atoms with Gasteiger partial charge in [-0.05, 0) is 18.8 Å². The van der Waals surface area contributed by atoms with Crippen molar-refractivity contribution in [2.45, 2.75) is 39.2 Å². The summed E-state index contributed by atoms with van der Waals surface area (Å²) in [5.41, 5.74) is 0. The highest BCUT2D eigenvalue weighted by Gasteiger charge is 2.37. The molecule has 0 saturated carbocycles. The lowest BCUT2D eigenvalue weighted by Gasteiger charge is -2.37. The summed E-state index contributed by atoms with van der Waals surface area (Å²) < 4.78 is 5.15. The molecule has 1 rings (SSSR count). The molecule has 0 aromatic heterocycles. The van der Waals surface area contributed by atoms with Gasteiger partial charge in [-0.2, -0.15) is 0 Å². The minimum Gasteiger partial charge on any atom is -0.383 e. The third-order valence-corrected chi connectivity index (χ3v) is 3.72. The number of rotatable bonds is 6. The van der Waals surface area contributed by atoms with Crippen LogP contribution in [0.4, 0.5) is 0 Å². The third-order valence-electron chi connectivity index (χ3n) is 3.72. The maximum atomic E-state index is 12.2. The van der Waals surface area contributed by atoms with Crippen LogP contribution in [0.25, 0.3) is 0 Å². The molecular formula is C14H26N2O3. The van der Waals surface area contributed by atoms with E-state index >= 15 is 0 Å². The first-order chi connectivity index (χ1) is 8.97. The van der Waals surface area contributed by atoms with E-state index in [1.807, 2.05) is 0 Å². The Morgan fingerprint density at radius 2 is 2.21 bits per heavy atom. The average molecular weight is 270 g/mol. The van der Waals surface area contributed by atoms with Gasteiger partial charge in [0.15, 0.2) is 0 Å². The van der Waals surface area contributed by atoms with Crippen molar-refractivity contribution >= 4 is 11.8 Å². The van der Waals surface area contributed by atoms with Crippen LogP contribution in [0, 0.1) is 11.8 Å². The highest BCUT2D eigenvalue weighted by atomic mass is 16.5. The largest absolute Gasteiger partial charge is 0.383 e. The fraction of sp³-hybridized carbons (Fsp3) is 0.857. The zero-order chi connectivity index (χ0) is 14.4. The number of hydrogen-bond acceptors (Lipinski definition) is 3. The van der Waals surface area contributed by atoms with Crippen LogP contribution in [0.2, 0.25) is 0 Å². The first-order valence-corrected chi connectivity index (χ1v) is 6.99. The second-order valence-corrected chi connectivity index (χ2v) is 5.65. The van der Waals surface area contributed by atoms with Crippen molar-refractivity contribution in [2.75, 3.05) is 27.3 Å². The van der Waals surface area contributed by atoms with Crippen LogP contribution in [0.5, 0.6) is 0 Å². The summed E-state index contributed by atoms with van der Waals surface area (Å²) in [5.74, 6) is 0.552. The molecule has 1 heterocycles. The van der Waals surface area contributed by atoms with E-state index in [-0.39, 0.29) is 23.8 Å². The average Bonchev–Trinajstić information content (AvgIpc) is 2.34. The molecule has 0 unspecified atom stereocenters. The predicted octanol–water partition coefficient (Wildman–Crippen LogP) is 1.03. The fourth-order valence-corrected chi connectivity index (χ4v) is 2.42. The van der Waals surface area contributed by atoms with Gasteiger partial charge < -0.3 is 15.0 Å². The third kappa shape index (κ3) is 4.49. The quantitative estimate of drug-likeness (QED) is 0.784. The summed E-state index contributed by atoms with van der Waals surface area (Å²) in [4.78, 5) is 25.6. The van der Waals surface area contributed by atoms with E-state index in [9.17, 15) is 9.59 Å². The molecule has 0 spiro atoms. The standard InChI is InChI=1S/C14H26N2O3/c1-10(2)7-8-15-14(18)11-5-6-13(17)16(3)12(11)9-19-4/h10-12H,5-9H2,1-4H3,(H,15,18)/t11-,12-/m1/s1. The molecule has 5 nitrogen and oxygen atoms in total. The number of nitrogens with zero attached hydrogens (tertiary/aromatic N) is 1. The molecule has 0 bridgehead atoms. The Kier molecular flexibility index (Phi) is 6.28. The van der Waals surface area contributed by atoms with Crippen LogP contribution in [0.1, 0.15) is 33.1 Å². The molecule has 0 aliphatic carbocycles. The van der Waals surface area contributed by atoms with Gasteiger partial charge >= 0.3 is 0 Å². The van der Waals surface area contributed by atoms with Crippen molar-refractivity contribution in [1.29, 1.82) is 0 Å². The molecule has 19 heavy (non-hydrogen) atoms. The van der Waals surface area contributed by atoms with Gasteiger partial charge in [0.1, 0.15) is 0 Å². The highest BCUT2D eigenvalue weighted by molar-refractivity contribution is 5.84. The number of amides is 2. The minimum absolute atomic E-state index is 0.0436. The predicted molar refractivity (Wildman–Crippen MR) is 73.6 cm³/mol. The van der Waals surface area contributed by atoms with Crippen molar-refractivity contribution in [3.63, 3.8) is 0 Å². The Balaban J connectivity index is 2.57. The van der Waals surface area contributed by atoms with Crippen molar-refractivity contribution in [3.8, 4) is 0 Å². The Bertz CT molecular complexity index is 318. The normalized spacial score (nSPS) is 23.8. The number of likely N-dealkylation sites (N-methyl/N-ethyl adjacent to an activating group) is 1. The van der Waals surface area contributed by atoms with Gasteiger partial charge in [-0.15, -0.1) is 0 Å². The van der Waals surface area contributed by atoms with E-state index in [0.29, 0.717) is 31.9 Å². The number of methoxy groups -OCH3 is 1. The molecule has 0 aromatic carbocycles. The Hall–Kier alpha value is -1.10. The van der Waals surface area contributed by atoms with Gasteiger partial charge in [0.2, 0.25) is 11.8 Å². The maximum Gasteiger partial charge on any atom is 0.225 e. The summed E-state index contributed by atoms with van der Waals surface area (Å²) in [6.07, 6.45) is 2.03. The summed E-state index contributed by atoms with van der Waals surface area (Å²) >= 11 is 0. The zero-order valence-corrected chi connectivity index (χ0v) is 12.4. The van der Waals surface area contributed by atoms with Gasteiger partial charge in [0.05, 0.1) is 18.6 Å². The van der Waals surface area contributed by atoms with Gasteiger partial charge in [0.25, 0.3) is 0 Å². The molecule has 1 saturated heterocycles. The molecule has 1 aliphatic rings. The van der Waals surface area contributed by atoms with Gasteiger partial charge in [-0.25, -0.2) is 0 Å². The van der Waals surface area contributed by atoms with Crippen LogP contribution in [-0.2, 0) is 14.3 Å². The van der Waals surface area contributed by atoms with E-state index in [1.54, 1.807) is 19.1 Å². The van der Waals surface area contributed by atoms with E-state index in [0.717, 1.165) is 6.42 Å². The monoisotopic (exact) mass is 270 g/mol. The lowest BCUT2D eigenvalue weighted by atomic mass is 9.88. The number of likely N-dealkylation sites (tertiary alicyclic amines) is 1. The van der Waals surface area contributed by atoms with Crippen LogP contribution in [0.3, 0.4) is 0 Å². The van der Waals surface area contributed by atoms with Gasteiger partial charge in [0, 0.05) is 27.1 Å².